The minimum atomic E-state index is -0.424. The molecule has 0 spiro atoms. The summed E-state index contributed by atoms with van der Waals surface area (Å²) in [5, 5.41) is 15.1. The molecule has 0 aromatic heterocycles. The van der Waals surface area contributed by atoms with E-state index in [4.69, 9.17) is 4.74 Å². The van der Waals surface area contributed by atoms with Crippen LogP contribution in [0.15, 0.2) is 53.6 Å². The summed E-state index contributed by atoms with van der Waals surface area (Å²) in [7, 11) is 0. The van der Waals surface area contributed by atoms with Crippen LogP contribution < -0.4 is 10.3 Å². The average molecular weight is 340 g/mol. The normalized spacial score (nSPS) is 15.1. The maximum atomic E-state index is 10.8. The predicted molar refractivity (Wildman–Crippen MR) is 98.4 cm³/mol. The Morgan fingerprint density at radius 2 is 1.92 bits per heavy atom. The van der Waals surface area contributed by atoms with Gasteiger partial charge in [-0.05, 0) is 30.7 Å². The Labute approximate surface area is 146 Å². The molecule has 1 aliphatic rings. The molecule has 130 valence electrons. The Bertz CT molecular complexity index is 768. The second kappa shape index (κ2) is 7.76. The molecule has 7 nitrogen and oxygen atoms in total. The number of ether oxygens (including phenoxy) is 1. The number of non-ortho nitro benzene ring substituents is 1. The molecule has 2 aromatic rings. The summed E-state index contributed by atoms with van der Waals surface area (Å²) in [6, 6.07) is 14.5. The van der Waals surface area contributed by atoms with Gasteiger partial charge in [0.25, 0.3) is 5.69 Å². The summed E-state index contributed by atoms with van der Waals surface area (Å²) < 4.78 is 5.37. The zero-order valence-electron chi connectivity index (χ0n) is 14.0. The lowest BCUT2D eigenvalue weighted by Gasteiger charge is -2.28. The number of hydrazone groups is 1. The second-order valence-electron chi connectivity index (χ2n) is 5.76. The van der Waals surface area contributed by atoms with Gasteiger partial charge >= 0.3 is 0 Å². The van der Waals surface area contributed by atoms with E-state index in [0.29, 0.717) is 5.69 Å². The van der Waals surface area contributed by atoms with Crippen LogP contribution in [0.2, 0.25) is 0 Å². The lowest BCUT2D eigenvalue weighted by Crippen LogP contribution is -2.36. The largest absolute Gasteiger partial charge is 0.378 e. The van der Waals surface area contributed by atoms with Crippen LogP contribution in [0.25, 0.3) is 0 Å². The van der Waals surface area contributed by atoms with Crippen molar-refractivity contribution in [3.8, 4) is 0 Å². The third-order valence-corrected chi connectivity index (χ3v) is 4.07. The van der Waals surface area contributed by atoms with Crippen LogP contribution in [0.1, 0.15) is 12.5 Å². The smallest absolute Gasteiger partial charge is 0.271 e. The van der Waals surface area contributed by atoms with Crippen LogP contribution in [0.3, 0.4) is 0 Å². The van der Waals surface area contributed by atoms with E-state index in [9.17, 15) is 10.1 Å². The van der Waals surface area contributed by atoms with Crippen LogP contribution in [0.4, 0.5) is 17.1 Å². The first-order chi connectivity index (χ1) is 12.1. The summed E-state index contributed by atoms with van der Waals surface area (Å²) in [5.74, 6) is 0. The Balaban J connectivity index is 1.67. The number of nitrogens with zero attached hydrogens (tertiary/aromatic N) is 3. The van der Waals surface area contributed by atoms with Crippen molar-refractivity contribution in [1.82, 2.24) is 0 Å². The summed E-state index contributed by atoms with van der Waals surface area (Å²) in [4.78, 5) is 12.7. The van der Waals surface area contributed by atoms with Crippen molar-refractivity contribution in [3.63, 3.8) is 0 Å². The van der Waals surface area contributed by atoms with Crippen molar-refractivity contribution in [2.45, 2.75) is 6.92 Å². The topological polar surface area (TPSA) is 80.0 Å². The van der Waals surface area contributed by atoms with Gasteiger partial charge < -0.3 is 9.64 Å². The zero-order valence-corrected chi connectivity index (χ0v) is 14.0. The van der Waals surface area contributed by atoms with E-state index in [1.54, 1.807) is 12.1 Å². The lowest BCUT2D eigenvalue weighted by molar-refractivity contribution is -0.384. The molecule has 3 rings (SSSR count). The molecule has 1 saturated heterocycles. The van der Waals surface area contributed by atoms with Crippen molar-refractivity contribution >= 4 is 22.8 Å². The molecule has 0 unspecified atom stereocenters. The Kier molecular flexibility index (Phi) is 5.25. The van der Waals surface area contributed by atoms with E-state index >= 15 is 0 Å². The monoisotopic (exact) mass is 340 g/mol. The highest BCUT2D eigenvalue weighted by Crippen LogP contribution is 2.19. The average Bonchev–Trinajstić information content (AvgIpc) is 2.67. The Hall–Kier alpha value is -2.93. The molecule has 0 saturated carbocycles. The number of rotatable bonds is 5. The molecule has 2 aromatic carbocycles. The van der Waals surface area contributed by atoms with Crippen LogP contribution in [-0.2, 0) is 4.74 Å². The molecule has 0 atom stereocenters. The van der Waals surface area contributed by atoms with Crippen LogP contribution in [0, 0.1) is 10.1 Å². The maximum absolute atomic E-state index is 10.8. The molecular weight excluding hydrogens is 320 g/mol. The maximum Gasteiger partial charge on any atom is 0.271 e. The first-order valence-electron chi connectivity index (χ1n) is 8.11. The number of nitrogens with one attached hydrogen (secondary N) is 1. The van der Waals surface area contributed by atoms with E-state index in [0.717, 1.165) is 37.6 Å². The number of nitro groups is 1. The fourth-order valence-electron chi connectivity index (χ4n) is 2.64. The second-order valence-corrected chi connectivity index (χ2v) is 5.76. The summed E-state index contributed by atoms with van der Waals surface area (Å²) in [6.45, 7) is 5.22. The molecule has 0 aliphatic carbocycles. The van der Waals surface area contributed by atoms with Gasteiger partial charge in [0.1, 0.15) is 0 Å². The van der Waals surface area contributed by atoms with E-state index < -0.39 is 4.92 Å². The number of anilines is 2. The molecule has 0 radical (unpaired) electrons. The van der Waals surface area contributed by atoms with Gasteiger partial charge in [0, 0.05) is 30.9 Å². The fourth-order valence-corrected chi connectivity index (χ4v) is 2.64. The van der Waals surface area contributed by atoms with E-state index in [2.05, 4.69) is 27.6 Å². The van der Waals surface area contributed by atoms with Crippen LogP contribution >= 0.6 is 0 Å². The molecule has 0 bridgehead atoms. The highest BCUT2D eigenvalue weighted by molar-refractivity contribution is 5.99. The number of nitro benzene ring substituents is 1. The molecular formula is C18H20N4O3. The number of hydrogen-bond donors (Lipinski definition) is 1. The van der Waals surface area contributed by atoms with Crippen LogP contribution in [0.5, 0.6) is 0 Å². The van der Waals surface area contributed by atoms with Crippen molar-refractivity contribution in [3.05, 3.63) is 64.2 Å². The van der Waals surface area contributed by atoms with E-state index in [1.165, 1.54) is 17.8 Å². The van der Waals surface area contributed by atoms with Crippen molar-refractivity contribution in [2.75, 3.05) is 36.6 Å². The van der Waals surface area contributed by atoms with Crippen molar-refractivity contribution in [2.24, 2.45) is 5.10 Å². The van der Waals surface area contributed by atoms with Crippen molar-refractivity contribution in [1.29, 1.82) is 0 Å². The Morgan fingerprint density at radius 3 is 2.60 bits per heavy atom. The van der Waals surface area contributed by atoms with Gasteiger partial charge in [-0.25, -0.2) is 0 Å². The molecule has 7 heteroatoms. The first kappa shape index (κ1) is 16.9. The van der Waals surface area contributed by atoms with Crippen LogP contribution in [-0.4, -0.2) is 36.9 Å². The molecule has 1 aliphatic heterocycles. The molecule has 25 heavy (non-hydrogen) atoms. The first-order valence-corrected chi connectivity index (χ1v) is 8.11. The van der Waals surface area contributed by atoms with E-state index in [-0.39, 0.29) is 5.69 Å². The summed E-state index contributed by atoms with van der Waals surface area (Å²) >= 11 is 0. The molecule has 1 heterocycles. The fraction of sp³-hybridized carbons (Fsp3) is 0.278. The van der Waals surface area contributed by atoms with Gasteiger partial charge in [-0.1, -0.05) is 18.2 Å². The summed E-state index contributed by atoms with van der Waals surface area (Å²) in [5.41, 5.74) is 6.46. The SMILES string of the molecule is CC(=NNc1cccc([N+](=O)[O-])c1)c1ccc(N2CCOCC2)cc1. The highest BCUT2D eigenvalue weighted by Gasteiger charge is 2.11. The third-order valence-electron chi connectivity index (χ3n) is 4.07. The van der Waals surface area contributed by atoms with Gasteiger partial charge in [-0.3, -0.25) is 15.5 Å². The minimum absolute atomic E-state index is 0.0349. The standard InChI is InChI=1S/C18H20N4O3/c1-14(19-20-16-3-2-4-18(13-16)22(23)24)15-5-7-17(8-6-15)21-9-11-25-12-10-21/h2-8,13,20H,9-12H2,1H3. The van der Waals surface area contributed by atoms with E-state index in [1.807, 2.05) is 19.1 Å². The predicted octanol–water partition coefficient (Wildman–Crippen LogP) is 3.27. The number of benzene rings is 2. The lowest BCUT2D eigenvalue weighted by atomic mass is 10.1. The number of hydrogen-bond acceptors (Lipinski definition) is 6. The zero-order chi connectivity index (χ0) is 17.6. The molecule has 1 fully saturated rings. The number of morpholine rings is 1. The minimum Gasteiger partial charge on any atom is -0.378 e. The van der Waals surface area contributed by atoms with Gasteiger partial charge in [-0.15, -0.1) is 0 Å². The quantitative estimate of drug-likeness (QED) is 0.513. The third kappa shape index (κ3) is 4.33. The van der Waals surface area contributed by atoms with Gasteiger partial charge in [0.05, 0.1) is 29.5 Å². The Morgan fingerprint density at radius 1 is 1.20 bits per heavy atom. The molecule has 0 amide bonds. The molecule has 1 N–H and O–H groups in total. The highest BCUT2D eigenvalue weighted by atomic mass is 16.6. The van der Waals surface area contributed by atoms with Crippen molar-refractivity contribution < 1.29 is 9.66 Å². The van der Waals surface area contributed by atoms with Gasteiger partial charge in [0.15, 0.2) is 0 Å². The summed E-state index contributed by atoms with van der Waals surface area (Å²) in [6.07, 6.45) is 0. The van der Waals surface area contributed by atoms with Gasteiger partial charge in [0.2, 0.25) is 0 Å². The van der Waals surface area contributed by atoms with Gasteiger partial charge in [-0.2, -0.15) is 5.10 Å².